The highest BCUT2D eigenvalue weighted by Crippen LogP contribution is 2.76. The van der Waals surface area contributed by atoms with Crippen molar-refractivity contribution in [1.82, 2.24) is 15.5 Å². The van der Waals surface area contributed by atoms with Crippen molar-refractivity contribution < 1.29 is 29.0 Å². The molecule has 0 spiro atoms. The second kappa shape index (κ2) is 12.2. The van der Waals surface area contributed by atoms with Gasteiger partial charge in [-0.05, 0) is 111 Å². The molecule has 3 N–H and O–H groups in total. The zero-order chi connectivity index (χ0) is 35.9. The number of urea groups is 1. The molecule has 49 heavy (non-hydrogen) atoms. The lowest BCUT2D eigenvalue weighted by Gasteiger charge is -2.73. The number of hydrogen-bond donors (Lipinski definition) is 3. The summed E-state index contributed by atoms with van der Waals surface area (Å²) in [6.07, 6.45) is 8.12. The molecular formula is C40H65N3O6. The number of rotatable bonds is 6. The van der Waals surface area contributed by atoms with Crippen LogP contribution in [0.4, 0.5) is 4.79 Å². The molecular weight excluding hydrogens is 618 g/mol. The van der Waals surface area contributed by atoms with Gasteiger partial charge in [0, 0.05) is 43.9 Å². The van der Waals surface area contributed by atoms with E-state index in [0.29, 0.717) is 43.0 Å². The van der Waals surface area contributed by atoms with Crippen molar-refractivity contribution in [2.75, 3.05) is 26.2 Å². The first-order valence-corrected chi connectivity index (χ1v) is 19.5. The van der Waals surface area contributed by atoms with Gasteiger partial charge in [-0.2, -0.15) is 0 Å². The molecule has 9 heteroatoms. The number of carbonyl (C=O) groups excluding carboxylic acids is 3. The number of carboxylic acid groups (broad SMARTS) is 1. The third-order valence-electron chi connectivity index (χ3n) is 16.2. The Morgan fingerprint density at radius 2 is 1.61 bits per heavy atom. The van der Waals surface area contributed by atoms with Gasteiger partial charge in [0.1, 0.15) is 11.9 Å². The third kappa shape index (κ3) is 5.56. The number of carboxylic acids is 1. The molecule has 6 fully saturated rings. The molecule has 5 aliphatic carbocycles. The lowest BCUT2D eigenvalue weighted by atomic mass is 9.32. The average Bonchev–Trinajstić information content (AvgIpc) is 3.30. The molecule has 5 saturated carbocycles. The van der Waals surface area contributed by atoms with E-state index >= 15 is 0 Å². The SMILES string of the molecule is CC(C)C1C(=O)CC2(NC(=O)N3CCNCC3)CC[C@]3(C)C(CCC4C5(C)CC[C@H](OC(=O)CC(C)(C)C(=O)O)C(C)(C)C5CCC43C)C12. The van der Waals surface area contributed by atoms with Gasteiger partial charge in [-0.1, -0.05) is 48.5 Å². The van der Waals surface area contributed by atoms with Gasteiger partial charge in [-0.25, -0.2) is 4.79 Å². The minimum absolute atomic E-state index is 0.00596. The van der Waals surface area contributed by atoms with Crippen molar-refractivity contribution in [1.29, 1.82) is 0 Å². The summed E-state index contributed by atoms with van der Waals surface area (Å²) >= 11 is 0. The minimum Gasteiger partial charge on any atom is -0.481 e. The molecule has 0 radical (unpaired) electrons. The Morgan fingerprint density at radius 3 is 2.24 bits per heavy atom. The van der Waals surface area contributed by atoms with E-state index in [0.717, 1.165) is 64.5 Å². The van der Waals surface area contributed by atoms with E-state index in [-0.39, 0.29) is 58.0 Å². The number of esters is 1. The Morgan fingerprint density at radius 1 is 0.939 bits per heavy atom. The Hall–Kier alpha value is -2.16. The lowest BCUT2D eigenvalue weighted by Crippen LogP contribution is -2.69. The van der Waals surface area contributed by atoms with Crippen LogP contribution in [0.3, 0.4) is 0 Å². The summed E-state index contributed by atoms with van der Waals surface area (Å²) in [5.74, 6) is 0.556. The number of amides is 2. The maximum Gasteiger partial charge on any atom is 0.317 e. The van der Waals surface area contributed by atoms with Gasteiger partial charge in [-0.3, -0.25) is 14.4 Å². The van der Waals surface area contributed by atoms with Crippen molar-refractivity contribution in [3.05, 3.63) is 0 Å². The predicted octanol–water partition coefficient (Wildman–Crippen LogP) is 6.68. The van der Waals surface area contributed by atoms with Crippen molar-refractivity contribution in [2.45, 2.75) is 138 Å². The fourth-order valence-electron chi connectivity index (χ4n) is 13.4. The summed E-state index contributed by atoms with van der Waals surface area (Å²) in [4.78, 5) is 54.5. The number of hydrogen-bond acceptors (Lipinski definition) is 6. The van der Waals surface area contributed by atoms with Gasteiger partial charge in [0.05, 0.1) is 17.4 Å². The van der Waals surface area contributed by atoms with Crippen LogP contribution in [-0.4, -0.2) is 71.6 Å². The van der Waals surface area contributed by atoms with E-state index in [9.17, 15) is 24.3 Å². The summed E-state index contributed by atoms with van der Waals surface area (Å²) in [6, 6.07) is 0.00596. The smallest absolute Gasteiger partial charge is 0.317 e. The van der Waals surface area contributed by atoms with Crippen LogP contribution in [0.1, 0.15) is 127 Å². The van der Waals surface area contributed by atoms with E-state index in [1.54, 1.807) is 13.8 Å². The number of Topliss-reactive ketones (excluding diaryl/α,β-unsaturated/α-hetero) is 1. The van der Waals surface area contributed by atoms with Crippen LogP contribution in [0, 0.1) is 62.6 Å². The van der Waals surface area contributed by atoms with Crippen LogP contribution in [-0.2, 0) is 19.1 Å². The molecule has 0 aromatic heterocycles. The average molecular weight is 684 g/mol. The van der Waals surface area contributed by atoms with Crippen LogP contribution >= 0.6 is 0 Å². The number of ether oxygens (including phenoxy) is 1. The molecule has 1 aliphatic heterocycles. The zero-order valence-electron chi connectivity index (χ0n) is 31.9. The topological polar surface area (TPSA) is 125 Å². The van der Waals surface area contributed by atoms with Crippen LogP contribution in [0.25, 0.3) is 0 Å². The molecule has 0 aromatic rings. The highest BCUT2D eigenvalue weighted by Gasteiger charge is 2.72. The van der Waals surface area contributed by atoms with Gasteiger partial charge in [0.25, 0.3) is 0 Å². The molecule has 1 heterocycles. The van der Waals surface area contributed by atoms with Crippen LogP contribution in [0.5, 0.6) is 0 Å². The molecule has 8 unspecified atom stereocenters. The molecule has 276 valence electrons. The molecule has 0 aromatic carbocycles. The number of piperazine rings is 1. The normalized spacial score (nSPS) is 43.1. The molecule has 9 nitrogen and oxygen atoms in total. The quantitative estimate of drug-likeness (QED) is 0.267. The van der Waals surface area contributed by atoms with E-state index in [4.69, 9.17) is 4.74 Å². The molecule has 1 saturated heterocycles. The zero-order valence-corrected chi connectivity index (χ0v) is 31.9. The lowest BCUT2D eigenvalue weighted by molar-refractivity contribution is -0.247. The van der Waals surface area contributed by atoms with Crippen LogP contribution in [0.15, 0.2) is 0 Å². The largest absolute Gasteiger partial charge is 0.481 e. The van der Waals surface area contributed by atoms with Crippen molar-refractivity contribution >= 4 is 23.8 Å². The van der Waals surface area contributed by atoms with Crippen molar-refractivity contribution in [2.24, 2.45) is 62.6 Å². The maximum absolute atomic E-state index is 14.0. The molecule has 2 amide bonds. The first-order valence-electron chi connectivity index (χ1n) is 19.5. The number of ketones is 1. The highest BCUT2D eigenvalue weighted by atomic mass is 16.5. The number of nitrogens with one attached hydrogen (secondary N) is 2. The van der Waals surface area contributed by atoms with Crippen LogP contribution in [0.2, 0.25) is 0 Å². The number of fused-ring (bicyclic) bond motifs is 7. The number of aliphatic carboxylic acids is 1. The molecule has 6 rings (SSSR count). The van der Waals surface area contributed by atoms with E-state index < -0.39 is 22.9 Å². The minimum atomic E-state index is -1.16. The van der Waals surface area contributed by atoms with Gasteiger partial charge < -0.3 is 25.4 Å². The summed E-state index contributed by atoms with van der Waals surface area (Å²) in [7, 11) is 0. The summed E-state index contributed by atoms with van der Waals surface area (Å²) < 4.78 is 6.16. The molecule has 0 bridgehead atoms. The van der Waals surface area contributed by atoms with Gasteiger partial charge in [-0.15, -0.1) is 0 Å². The fourth-order valence-corrected chi connectivity index (χ4v) is 13.4. The summed E-state index contributed by atoms with van der Waals surface area (Å²) in [5, 5.41) is 16.5. The van der Waals surface area contributed by atoms with Crippen molar-refractivity contribution in [3.63, 3.8) is 0 Å². The monoisotopic (exact) mass is 683 g/mol. The Labute approximate surface area is 294 Å². The number of carbonyl (C=O) groups is 4. The Balaban J connectivity index is 1.27. The first-order chi connectivity index (χ1) is 22.7. The van der Waals surface area contributed by atoms with Crippen molar-refractivity contribution in [3.8, 4) is 0 Å². The van der Waals surface area contributed by atoms with Gasteiger partial charge in [0.15, 0.2) is 0 Å². The molecule has 6 aliphatic rings. The predicted molar refractivity (Wildman–Crippen MR) is 189 cm³/mol. The maximum atomic E-state index is 14.0. The van der Waals surface area contributed by atoms with E-state index in [1.807, 2.05) is 4.90 Å². The Bertz CT molecular complexity index is 1350. The Kier molecular flexibility index (Phi) is 9.14. The number of nitrogens with zero attached hydrogens (tertiary/aromatic N) is 1. The summed E-state index contributed by atoms with van der Waals surface area (Å²) in [5.41, 5.74) is -1.64. The first kappa shape index (κ1) is 36.6. The second-order valence-electron chi connectivity index (χ2n) is 19.6. The van der Waals surface area contributed by atoms with Gasteiger partial charge >= 0.3 is 18.0 Å². The molecule has 10 atom stereocenters. The fraction of sp³-hybridized carbons (Fsp3) is 0.900. The summed E-state index contributed by atoms with van der Waals surface area (Å²) in [6.45, 7) is 22.8. The highest BCUT2D eigenvalue weighted by molar-refractivity contribution is 5.88. The van der Waals surface area contributed by atoms with Gasteiger partial charge in [0.2, 0.25) is 0 Å². The van der Waals surface area contributed by atoms with Crippen LogP contribution < -0.4 is 10.6 Å². The second-order valence-corrected chi connectivity index (χ2v) is 19.6. The standard InChI is InChI=1S/C40H65N3O6/c1-24(2)31-26(44)22-40(42-34(48)43-20-18-41-19-21-43)17-16-38(8)25(32(31)40)10-11-28-37(7)14-13-29(49-30(45)23-35(3,4)33(46)47)36(5,6)27(37)12-15-39(28,38)9/h24-25,27-29,31-32,41H,10-23H2,1-9H3,(H,42,48)(H,46,47)/t25?,27?,28?,29-,31?,32?,37?,38+,39?,40?/m0/s1. The third-order valence-corrected chi connectivity index (χ3v) is 16.2. The van der Waals surface area contributed by atoms with E-state index in [2.05, 4.69) is 59.1 Å². The van der Waals surface area contributed by atoms with E-state index in [1.165, 1.54) is 0 Å².